The van der Waals surface area contributed by atoms with Gasteiger partial charge in [-0.15, -0.1) is 0 Å². The zero-order valence-electron chi connectivity index (χ0n) is 14.8. The van der Waals surface area contributed by atoms with Crippen molar-refractivity contribution in [3.63, 3.8) is 0 Å². The lowest BCUT2D eigenvalue weighted by atomic mass is 10.3. The van der Waals surface area contributed by atoms with Gasteiger partial charge in [0.1, 0.15) is 17.8 Å². The molecule has 7 heteroatoms. The first-order valence-electron chi connectivity index (χ1n) is 9.00. The molecule has 0 N–H and O–H groups in total. The van der Waals surface area contributed by atoms with Gasteiger partial charge in [0.05, 0.1) is 19.5 Å². The second-order valence-corrected chi connectivity index (χ2v) is 6.51. The smallest absolute Gasteiger partial charge is 0.354 e. The Labute approximate surface area is 151 Å². The molecule has 0 saturated heterocycles. The van der Waals surface area contributed by atoms with E-state index >= 15 is 0 Å². The molecule has 7 nitrogen and oxygen atoms in total. The van der Waals surface area contributed by atoms with Crippen molar-refractivity contribution in [3.05, 3.63) is 42.7 Å². The molecule has 0 amide bonds. The molecule has 3 aromatic heterocycles. The molecule has 0 spiro atoms. The van der Waals surface area contributed by atoms with Crippen LogP contribution in [0.1, 0.15) is 30.3 Å². The molecule has 26 heavy (non-hydrogen) atoms. The maximum absolute atomic E-state index is 12.4. The van der Waals surface area contributed by atoms with E-state index < -0.39 is 0 Å². The predicted molar refractivity (Wildman–Crippen MR) is 96.1 cm³/mol. The van der Waals surface area contributed by atoms with E-state index in [-0.39, 0.29) is 5.97 Å². The molecule has 136 valence electrons. The Bertz CT molecular complexity index is 897. The largest absolute Gasteiger partial charge is 0.474 e. The van der Waals surface area contributed by atoms with Gasteiger partial charge < -0.3 is 18.6 Å². The van der Waals surface area contributed by atoms with E-state index in [2.05, 4.69) is 9.97 Å². The summed E-state index contributed by atoms with van der Waals surface area (Å²) in [5.41, 5.74) is 1.44. The number of hydrogen-bond acceptors (Lipinski definition) is 5. The number of rotatable bonds is 8. The molecule has 0 aliphatic heterocycles. The minimum Gasteiger partial charge on any atom is -0.474 e. The molecule has 1 aliphatic rings. The van der Waals surface area contributed by atoms with E-state index in [1.807, 2.05) is 34.4 Å². The van der Waals surface area contributed by atoms with E-state index in [0.29, 0.717) is 37.3 Å². The number of imidazole rings is 1. The van der Waals surface area contributed by atoms with Gasteiger partial charge in [-0.1, -0.05) is 0 Å². The van der Waals surface area contributed by atoms with Gasteiger partial charge in [0.2, 0.25) is 5.88 Å². The van der Waals surface area contributed by atoms with Gasteiger partial charge in [0.15, 0.2) is 0 Å². The molecular weight excluding hydrogens is 332 g/mol. The summed E-state index contributed by atoms with van der Waals surface area (Å²) >= 11 is 0. The first-order chi connectivity index (χ1) is 12.8. The van der Waals surface area contributed by atoms with Gasteiger partial charge in [0.25, 0.3) is 0 Å². The molecule has 0 unspecified atom stereocenters. The number of aromatic nitrogens is 4. The topological polar surface area (TPSA) is 71.2 Å². The molecule has 0 bridgehead atoms. The van der Waals surface area contributed by atoms with Crippen LogP contribution in [0.15, 0.2) is 37.1 Å². The second-order valence-electron chi connectivity index (χ2n) is 6.51. The minimum absolute atomic E-state index is 0.297. The Kier molecular flexibility index (Phi) is 4.60. The zero-order valence-corrected chi connectivity index (χ0v) is 14.8. The lowest BCUT2D eigenvalue weighted by molar-refractivity contribution is 0.0514. The average molecular weight is 354 g/mol. The lowest BCUT2D eigenvalue weighted by Gasteiger charge is -2.12. The Morgan fingerprint density at radius 3 is 2.96 bits per heavy atom. The number of hydrogen-bond donors (Lipinski definition) is 0. The Morgan fingerprint density at radius 2 is 2.23 bits per heavy atom. The highest BCUT2D eigenvalue weighted by molar-refractivity contribution is 5.97. The first kappa shape index (κ1) is 16.6. The van der Waals surface area contributed by atoms with E-state index in [4.69, 9.17) is 9.47 Å². The molecule has 0 aromatic carbocycles. The summed E-state index contributed by atoms with van der Waals surface area (Å²) in [6.45, 7) is 4.13. The molecule has 3 aromatic rings. The van der Waals surface area contributed by atoms with Crippen molar-refractivity contribution in [2.45, 2.75) is 32.9 Å². The maximum Gasteiger partial charge on any atom is 0.354 e. The summed E-state index contributed by atoms with van der Waals surface area (Å²) in [6.07, 6.45) is 9.49. The molecule has 3 heterocycles. The molecule has 1 saturated carbocycles. The summed E-state index contributed by atoms with van der Waals surface area (Å²) < 4.78 is 15.2. The van der Waals surface area contributed by atoms with Crippen molar-refractivity contribution in [1.82, 2.24) is 19.1 Å². The minimum atomic E-state index is -0.297. The molecule has 1 aliphatic carbocycles. The van der Waals surface area contributed by atoms with Crippen LogP contribution >= 0.6 is 0 Å². The maximum atomic E-state index is 12.4. The van der Waals surface area contributed by atoms with Crippen molar-refractivity contribution in [2.24, 2.45) is 5.92 Å². The van der Waals surface area contributed by atoms with E-state index in [9.17, 15) is 4.79 Å². The van der Waals surface area contributed by atoms with Crippen molar-refractivity contribution in [2.75, 3.05) is 13.2 Å². The van der Waals surface area contributed by atoms with Gasteiger partial charge in [-0.2, -0.15) is 0 Å². The third-order valence-corrected chi connectivity index (χ3v) is 4.54. The molecule has 1 fully saturated rings. The van der Waals surface area contributed by atoms with Crippen LogP contribution in [0, 0.1) is 5.92 Å². The van der Waals surface area contributed by atoms with Crippen molar-refractivity contribution in [3.8, 4) is 5.88 Å². The van der Waals surface area contributed by atoms with Gasteiger partial charge in [-0.25, -0.2) is 14.8 Å². The lowest BCUT2D eigenvalue weighted by Crippen LogP contribution is -2.14. The predicted octanol–water partition coefficient (Wildman–Crippen LogP) is 2.90. The molecule has 0 atom stereocenters. The van der Waals surface area contributed by atoms with Crippen LogP contribution in [0.5, 0.6) is 5.88 Å². The third-order valence-electron chi connectivity index (χ3n) is 4.54. The standard InChI is InChI=1S/C19H22N4O3/c1-2-25-19(24)16-11-15-5-6-21-18(17(15)23(16)12-14-3-4-14)26-10-9-22-8-7-20-13-22/h5-8,11,13-14H,2-4,9-10,12H2,1H3. The fraction of sp³-hybridized carbons (Fsp3) is 0.421. The summed E-state index contributed by atoms with van der Waals surface area (Å²) in [4.78, 5) is 20.8. The normalized spacial score (nSPS) is 13.9. The van der Waals surface area contributed by atoms with Crippen molar-refractivity contribution < 1.29 is 14.3 Å². The van der Waals surface area contributed by atoms with Crippen molar-refractivity contribution in [1.29, 1.82) is 0 Å². The zero-order chi connectivity index (χ0) is 17.9. The summed E-state index contributed by atoms with van der Waals surface area (Å²) in [7, 11) is 0. The fourth-order valence-electron chi connectivity index (χ4n) is 3.08. The Morgan fingerprint density at radius 1 is 1.35 bits per heavy atom. The third kappa shape index (κ3) is 3.42. The number of ether oxygens (including phenoxy) is 2. The van der Waals surface area contributed by atoms with Crippen LogP contribution in [0.4, 0.5) is 0 Å². The second kappa shape index (κ2) is 7.19. The van der Waals surface area contributed by atoms with Gasteiger partial charge in [-0.05, 0) is 37.8 Å². The van der Waals surface area contributed by atoms with Gasteiger partial charge >= 0.3 is 5.97 Å². The summed E-state index contributed by atoms with van der Waals surface area (Å²) in [5.74, 6) is 0.866. The number of fused-ring (bicyclic) bond motifs is 1. The van der Waals surface area contributed by atoms with Crippen LogP contribution in [0.2, 0.25) is 0 Å². The quantitative estimate of drug-likeness (QED) is 0.582. The van der Waals surface area contributed by atoms with Crippen LogP contribution in [-0.4, -0.2) is 38.3 Å². The molecule has 4 rings (SSSR count). The average Bonchev–Trinajstić information content (AvgIpc) is 3.15. The van der Waals surface area contributed by atoms with Crippen LogP contribution in [0.25, 0.3) is 10.9 Å². The van der Waals surface area contributed by atoms with E-state index in [0.717, 1.165) is 17.4 Å². The van der Waals surface area contributed by atoms with E-state index in [1.54, 1.807) is 18.7 Å². The molecular formula is C19H22N4O3. The van der Waals surface area contributed by atoms with Crippen LogP contribution in [0.3, 0.4) is 0 Å². The monoisotopic (exact) mass is 354 g/mol. The number of carbonyl (C=O) groups excluding carboxylic acids is 1. The molecule has 0 radical (unpaired) electrons. The number of nitrogens with zero attached hydrogens (tertiary/aromatic N) is 4. The van der Waals surface area contributed by atoms with Crippen molar-refractivity contribution >= 4 is 16.9 Å². The van der Waals surface area contributed by atoms with Gasteiger partial charge in [-0.3, -0.25) is 0 Å². The number of pyridine rings is 1. The van der Waals surface area contributed by atoms with E-state index in [1.165, 1.54) is 12.8 Å². The highest BCUT2D eigenvalue weighted by Gasteiger charge is 2.27. The van der Waals surface area contributed by atoms with Crippen LogP contribution < -0.4 is 4.74 Å². The Hall–Kier alpha value is -2.83. The highest BCUT2D eigenvalue weighted by Crippen LogP contribution is 2.35. The summed E-state index contributed by atoms with van der Waals surface area (Å²) in [6, 6.07) is 3.78. The Balaban J connectivity index is 1.64. The number of esters is 1. The summed E-state index contributed by atoms with van der Waals surface area (Å²) in [5, 5.41) is 0.946. The SMILES string of the molecule is CCOC(=O)c1cc2ccnc(OCCn3ccnc3)c2n1CC1CC1. The first-order valence-corrected chi connectivity index (χ1v) is 9.00. The fourth-order valence-corrected chi connectivity index (χ4v) is 3.08. The number of carbonyl (C=O) groups is 1. The van der Waals surface area contributed by atoms with Gasteiger partial charge in [0, 0.05) is 30.5 Å². The highest BCUT2D eigenvalue weighted by atomic mass is 16.5. The van der Waals surface area contributed by atoms with Crippen LogP contribution in [-0.2, 0) is 17.8 Å².